The van der Waals surface area contributed by atoms with Gasteiger partial charge in [0.25, 0.3) is 0 Å². The Kier molecular flexibility index (Phi) is 6.10. The Labute approximate surface area is 189 Å². The van der Waals surface area contributed by atoms with Gasteiger partial charge in [0.05, 0.1) is 36.0 Å². The van der Waals surface area contributed by atoms with E-state index in [1.807, 2.05) is 47.1 Å². The van der Waals surface area contributed by atoms with Gasteiger partial charge in [-0.1, -0.05) is 24.3 Å². The number of piperazine rings is 1. The van der Waals surface area contributed by atoms with E-state index in [0.717, 1.165) is 49.0 Å². The summed E-state index contributed by atoms with van der Waals surface area (Å²) in [4.78, 5) is 4.78. The van der Waals surface area contributed by atoms with Gasteiger partial charge in [-0.15, -0.1) is 5.10 Å². The third-order valence-electron chi connectivity index (χ3n) is 5.83. The van der Waals surface area contributed by atoms with E-state index >= 15 is 0 Å². The van der Waals surface area contributed by atoms with E-state index in [0.29, 0.717) is 5.56 Å². The molecule has 1 fully saturated rings. The summed E-state index contributed by atoms with van der Waals surface area (Å²) in [6.07, 6.45) is 0. The average molecular weight is 432 g/mol. The Bertz CT molecular complexity index is 1090. The summed E-state index contributed by atoms with van der Waals surface area (Å²) in [6, 6.07) is 18.0. The van der Waals surface area contributed by atoms with Gasteiger partial charge in [0, 0.05) is 26.2 Å². The molecule has 0 bridgehead atoms. The highest BCUT2D eigenvalue weighted by Gasteiger charge is 2.33. The number of nitrogens with zero attached hydrogens (tertiary/aromatic N) is 7. The molecular weight excluding hydrogens is 402 g/mol. The molecule has 0 spiro atoms. The normalized spacial score (nSPS) is 15.9. The molecule has 2 aromatic carbocycles. The van der Waals surface area contributed by atoms with Crippen LogP contribution in [0.15, 0.2) is 48.5 Å². The van der Waals surface area contributed by atoms with Crippen LogP contribution in [-0.4, -0.2) is 58.4 Å². The number of rotatable bonds is 5. The van der Waals surface area contributed by atoms with Gasteiger partial charge < -0.3 is 9.64 Å². The maximum absolute atomic E-state index is 9.22. The van der Waals surface area contributed by atoms with E-state index in [9.17, 15) is 5.26 Å². The molecule has 2 heterocycles. The first-order valence-electron chi connectivity index (χ1n) is 10.8. The number of para-hydroxylation sites is 2. The quantitative estimate of drug-likeness (QED) is 0.613. The SMILES string of the molecule is COc1ccccc1N1CCN(C(c2ccc(C#N)cc2)c2nnnn2C(C)(C)C)CC1. The molecule has 0 aliphatic carbocycles. The second-order valence-corrected chi connectivity index (χ2v) is 8.95. The molecule has 32 heavy (non-hydrogen) atoms. The number of tetrazole rings is 1. The summed E-state index contributed by atoms with van der Waals surface area (Å²) in [5.41, 5.74) is 2.59. The summed E-state index contributed by atoms with van der Waals surface area (Å²) in [6.45, 7) is 9.72. The fourth-order valence-corrected chi connectivity index (χ4v) is 4.22. The monoisotopic (exact) mass is 431 g/mol. The van der Waals surface area contributed by atoms with Crippen LogP contribution in [0.3, 0.4) is 0 Å². The van der Waals surface area contributed by atoms with Crippen LogP contribution >= 0.6 is 0 Å². The van der Waals surface area contributed by atoms with Crippen LogP contribution in [0.2, 0.25) is 0 Å². The van der Waals surface area contributed by atoms with Gasteiger partial charge in [0.1, 0.15) is 5.75 Å². The van der Waals surface area contributed by atoms with Crippen LogP contribution in [0.25, 0.3) is 0 Å². The van der Waals surface area contributed by atoms with E-state index < -0.39 is 0 Å². The van der Waals surface area contributed by atoms with Crippen LogP contribution < -0.4 is 9.64 Å². The topological polar surface area (TPSA) is 83.1 Å². The highest BCUT2D eigenvalue weighted by atomic mass is 16.5. The fraction of sp³-hybridized carbons (Fsp3) is 0.417. The lowest BCUT2D eigenvalue weighted by molar-refractivity contribution is 0.191. The van der Waals surface area contributed by atoms with Gasteiger partial charge in [-0.25, -0.2) is 4.68 Å². The van der Waals surface area contributed by atoms with E-state index in [4.69, 9.17) is 4.74 Å². The minimum Gasteiger partial charge on any atom is -0.495 e. The molecular formula is C24H29N7O. The molecule has 0 radical (unpaired) electrons. The molecule has 0 N–H and O–H groups in total. The van der Waals surface area contributed by atoms with Crippen molar-refractivity contribution >= 4 is 5.69 Å². The predicted molar refractivity (Wildman–Crippen MR) is 123 cm³/mol. The van der Waals surface area contributed by atoms with Gasteiger partial charge >= 0.3 is 0 Å². The first kappa shape index (κ1) is 21.8. The van der Waals surface area contributed by atoms with Crippen LogP contribution in [0.1, 0.15) is 43.8 Å². The number of hydrogen-bond donors (Lipinski definition) is 0. The van der Waals surface area contributed by atoms with E-state index in [1.54, 1.807) is 7.11 Å². The molecule has 1 atom stereocenters. The Balaban J connectivity index is 1.64. The van der Waals surface area contributed by atoms with E-state index in [2.05, 4.69) is 58.2 Å². The van der Waals surface area contributed by atoms with Crippen molar-refractivity contribution in [2.24, 2.45) is 0 Å². The lowest BCUT2D eigenvalue weighted by Crippen LogP contribution is -2.48. The number of benzene rings is 2. The zero-order chi connectivity index (χ0) is 22.7. The van der Waals surface area contributed by atoms with Crippen LogP contribution in [0, 0.1) is 11.3 Å². The largest absolute Gasteiger partial charge is 0.495 e. The zero-order valence-electron chi connectivity index (χ0n) is 19.1. The zero-order valence-corrected chi connectivity index (χ0v) is 19.1. The second kappa shape index (κ2) is 8.97. The van der Waals surface area contributed by atoms with Crippen molar-refractivity contribution in [3.8, 4) is 11.8 Å². The molecule has 1 aromatic heterocycles. The van der Waals surface area contributed by atoms with Crippen LogP contribution in [0.5, 0.6) is 5.75 Å². The van der Waals surface area contributed by atoms with Crippen molar-refractivity contribution < 1.29 is 4.74 Å². The molecule has 1 aliphatic rings. The molecule has 8 heteroatoms. The summed E-state index contributed by atoms with van der Waals surface area (Å²) in [5.74, 6) is 1.70. The Morgan fingerprint density at radius 1 is 1.00 bits per heavy atom. The van der Waals surface area contributed by atoms with E-state index in [1.165, 1.54) is 0 Å². The fourth-order valence-electron chi connectivity index (χ4n) is 4.22. The van der Waals surface area contributed by atoms with Crippen LogP contribution in [-0.2, 0) is 5.54 Å². The summed E-state index contributed by atoms with van der Waals surface area (Å²) in [7, 11) is 1.71. The van der Waals surface area contributed by atoms with Gasteiger partial charge in [-0.3, -0.25) is 4.90 Å². The van der Waals surface area contributed by atoms with Crippen LogP contribution in [0.4, 0.5) is 5.69 Å². The van der Waals surface area contributed by atoms with Crippen molar-refractivity contribution in [2.75, 3.05) is 38.2 Å². The molecule has 4 rings (SSSR count). The van der Waals surface area contributed by atoms with Gasteiger partial charge in [-0.2, -0.15) is 5.26 Å². The Morgan fingerprint density at radius 3 is 2.31 bits per heavy atom. The Morgan fingerprint density at radius 2 is 1.69 bits per heavy atom. The first-order valence-corrected chi connectivity index (χ1v) is 10.8. The summed E-state index contributed by atoms with van der Waals surface area (Å²) >= 11 is 0. The van der Waals surface area contributed by atoms with Crippen molar-refractivity contribution in [2.45, 2.75) is 32.4 Å². The number of aromatic nitrogens is 4. The highest BCUT2D eigenvalue weighted by Crippen LogP contribution is 2.33. The van der Waals surface area contributed by atoms with Crippen molar-refractivity contribution in [1.29, 1.82) is 5.26 Å². The molecule has 1 saturated heterocycles. The van der Waals surface area contributed by atoms with Crippen molar-refractivity contribution in [1.82, 2.24) is 25.1 Å². The molecule has 8 nitrogen and oxygen atoms in total. The van der Waals surface area contributed by atoms with Crippen molar-refractivity contribution in [3.63, 3.8) is 0 Å². The second-order valence-electron chi connectivity index (χ2n) is 8.95. The maximum atomic E-state index is 9.22. The molecule has 0 amide bonds. The predicted octanol–water partition coefficient (Wildman–Crippen LogP) is 3.22. The number of hydrogen-bond acceptors (Lipinski definition) is 7. The summed E-state index contributed by atoms with van der Waals surface area (Å²) in [5, 5.41) is 22.0. The standard InChI is InChI=1S/C24H29N7O/c1-24(2,3)31-23(26-27-28-31)22(19-11-9-18(17-25)10-12-19)30-15-13-29(14-16-30)20-7-5-6-8-21(20)32-4/h5-12,22H,13-16H2,1-4H3. The van der Waals surface area contributed by atoms with Gasteiger partial charge in [0.2, 0.25) is 0 Å². The molecule has 0 saturated carbocycles. The lowest BCUT2D eigenvalue weighted by Gasteiger charge is -2.40. The first-order chi connectivity index (χ1) is 15.4. The van der Waals surface area contributed by atoms with Gasteiger partial charge in [-0.05, 0) is 61.0 Å². The molecule has 1 aliphatic heterocycles. The van der Waals surface area contributed by atoms with E-state index in [-0.39, 0.29) is 11.6 Å². The smallest absolute Gasteiger partial charge is 0.173 e. The minimum atomic E-state index is -0.247. The lowest BCUT2D eigenvalue weighted by atomic mass is 10.0. The molecule has 3 aromatic rings. The average Bonchev–Trinajstić information content (AvgIpc) is 3.30. The van der Waals surface area contributed by atoms with Gasteiger partial charge in [0.15, 0.2) is 5.82 Å². The number of ether oxygens (including phenoxy) is 1. The van der Waals surface area contributed by atoms with Crippen molar-refractivity contribution in [3.05, 3.63) is 65.5 Å². The number of nitriles is 1. The molecule has 1 unspecified atom stereocenters. The summed E-state index contributed by atoms with van der Waals surface area (Å²) < 4.78 is 7.47. The third-order valence-corrected chi connectivity index (χ3v) is 5.83. The third kappa shape index (κ3) is 4.30. The maximum Gasteiger partial charge on any atom is 0.173 e. The number of methoxy groups -OCH3 is 1. The Hall–Kier alpha value is -3.44. The number of anilines is 1. The highest BCUT2D eigenvalue weighted by molar-refractivity contribution is 5.58. The molecule has 166 valence electrons. The minimum absolute atomic E-state index is 0.100.